The summed E-state index contributed by atoms with van der Waals surface area (Å²) in [7, 11) is 0. The van der Waals surface area contributed by atoms with Crippen molar-refractivity contribution in [2.75, 3.05) is 5.32 Å². The predicted octanol–water partition coefficient (Wildman–Crippen LogP) is 3.46. The molecule has 5 nitrogen and oxygen atoms in total. The van der Waals surface area contributed by atoms with Crippen LogP contribution in [0.15, 0.2) is 36.4 Å². The Labute approximate surface area is 117 Å². The molecule has 2 aromatic rings. The lowest BCUT2D eigenvalue weighted by atomic mass is 10.1. The van der Waals surface area contributed by atoms with Crippen LogP contribution in [-0.2, 0) is 4.74 Å². The molecule has 0 aromatic heterocycles. The van der Waals surface area contributed by atoms with E-state index in [-0.39, 0.29) is 5.75 Å². The van der Waals surface area contributed by atoms with Crippen molar-refractivity contribution in [3.8, 4) is 5.75 Å². The fraction of sp³-hybridized carbons (Fsp3) is 0.267. The lowest BCUT2D eigenvalue weighted by Gasteiger charge is -2.11. The number of phenols is 1. The average molecular weight is 277 g/mol. The molecule has 0 aliphatic heterocycles. The van der Waals surface area contributed by atoms with Crippen molar-refractivity contribution in [2.45, 2.75) is 27.1 Å². The third kappa shape index (κ3) is 4.13. The number of nitrogens with one attached hydrogen (secondary N) is 1. The molecule has 0 saturated carbocycles. The molecule has 0 saturated heterocycles. The molecule has 1 amide bonds. The number of hydrogen-bond acceptors (Lipinski definition) is 4. The van der Waals surface area contributed by atoms with Gasteiger partial charge in [0.25, 0.3) is 0 Å². The minimum atomic E-state index is -1.17. The molecule has 0 bridgehead atoms. The van der Waals surface area contributed by atoms with Gasteiger partial charge in [0.05, 0.1) is 5.69 Å². The van der Waals surface area contributed by atoms with Crippen molar-refractivity contribution >= 4 is 22.6 Å². The van der Waals surface area contributed by atoms with E-state index >= 15 is 0 Å². The second-order valence-corrected chi connectivity index (χ2v) is 3.84. The molecule has 0 aliphatic carbocycles. The normalized spacial score (nSPS) is 11.2. The van der Waals surface area contributed by atoms with Gasteiger partial charge in [-0.25, -0.2) is 4.79 Å². The number of ether oxygens (including phenoxy) is 1. The molecule has 0 aliphatic rings. The van der Waals surface area contributed by atoms with E-state index in [0.29, 0.717) is 11.1 Å². The number of fused-ring (bicyclic) bond motifs is 1. The molecule has 20 heavy (non-hydrogen) atoms. The molecule has 2 aromatic carbocycles. The second-order valence-electron chi connectivity index (χ2n) is 3.84. The lowest BCUT2D eigenvalue weighted by Crippen LogP contribution is -2.19. The number of hydrogen-bond donors (Lipinski definition) is 3. The van der Waals surface area contributed by atoms with Crippen LogP contribution in [0.5, 0.6) is 5.75 Å². The van der Waals surface area contributed by atoms with Crippen LogP contribution in [0.3, 0.4) is 0 Å². The van der Waals surface area contributed by atoms with E-state index in [9.17, 15) is 9.90 Å². The van der Waals surface area contributed by atoms with Gasteiger partial charge in [0.1, 0.15) is 5.75 Å². The Morgan fingerprint density at radius 2 is 1.95 bits per heavy atom. The van der Waals surface area contributed by atoms with E-state index in [2.05, 4.69) is 10.1 Å². The molecule has 0 heterocycles. The van der Waals surface area contributed by atoms with E-state index in [1.54, 1.807) is 30.3 Å². The molecule has 1 atom stereocenters. The van der Waals surface area contributed by atoms with Gasteiger partial charge in [-0.15, -0.1) is 0 Å². The largest absolute Gasteiger partial charge is 0.508 e. The van der Waals surface area contributed by atoms with Gasteiger partial charge in [-0.3, -0.25) is 5.32 Å². The Balaban J connectivity index is 0.000000956. The number of benzene rings is 2. The van der Waals surface area contributed by atoms with Gasteiger partial charge in [-0.2, -0.15) is 0 Å². The minimum absolute atomic E-state index is 0.112. The standard InChI is InChI=1S/C13H13NO4.C2H6/c1-8(15)18-13(17)14-12-4-2-3-9-5-6-10(16)7-11(9)12;1-2/h2-8,15-16H,1H3,(H,14,17);1-2H3. The molecular weight excluding hydrogens is 258 g/mol. The first-order valence-corrected chi connectivity index (χ1v) is 6.44. The summed E-state index contributed by atoms with van der Waals surface area (Å²) >= 11 is 0. The van der Waals surface area contributed by atoms with E-state index in [4.69, 9.17) is 5.11 Å². The van der Waals surface area contributed by atoms with Crippen LogP contribution >= 0.6 is 0 Å². The Hall–Kier alpha value is -2.27. The number of aromatic hydroxyl groups is 1. The van der Waals surface area contributed by atoms with Gasteiger partial charge in [0.15, 0.2) is 6.29 Å². The van der Waals surface area contributed by atoms with Crippen molar-refractivity contribution in [1.29, 1.82) is 0 Å². The number of carbonyl (C=O) groups excluding carboxylic acids is 1. The van der Waals surface area contributed by atoms with Gasteiger partial charge >= 0.3 is 6.09 Å². The summed E-state index contributed by atoms with van der Waals surface area (Å²) in [4.78, 5) is 11.4. The molecule has 0 fully saturated rings. The molecule has 0 spiro atoms. The number of aliphatic hydroxyl groups excluding tert-OH is 1. The molecule has 1 unspecified atom stereocenters. The van der Waals surface area contributed by atoms with E-state index in [0.717, 1.165) is 5.39 Å². The third-order valence-electron chi connectivity index (χ3n) is 2.38. The van der Waals surface area contributed by atoms with Gasteiger partial charge in [0.2, 0.25) is 0 Å². The number of carbonyl (C=O) groups is 1. The summed E-state index contributed by atoms with van der Waals surface area (Å²) in [6.45, 7) is 5.34. The molecule has 0 radical (unpaired) electrons. The highest BCUT2D eigenvalue weighted by molar-refractivity contribution is 6.00. The molecule has 3 N–H and O–H groups in total. The summed E-state index contributed by atoms with van der Waals surface area (Å²) in [5.74, 6) is 0.112. The first kappa shape index (κ1) is 15.8. The third-order valence-corrected chi connectivity index (χ3v) is 2.38. The van der Waals surface area contributed by atoms with E-state index in [1.165, 1.54) is 6.92 Å². The topological polar surface area (TPSA) is 78.8 Å². The van der Waals surface area contributed by atoms with Gasteiger partial charge < -0.3 is 14.9 Å². The quantitative estimate of drug-likeness (QED) is 0.734. The molecule has 2 rings (SSSR count). The molecule has 5 heteroatoms. The number of anilines is 1. The van der Waals surface area contributed by atoms with Crippen LogP contribution in [-0.4, -0.2) is 22.6 Å². The van der Waals surface area contributed by atoms with Crippen LogP contribution in [0.2, 0.25) is 0 Å². The fourth-order valence-corrected chi connectivity index (χ4v) is 1.66. The number of aliphatic hydroxyl groups is 1. The maximum absolute atomic E-state index is 11.4. The SMILES string of the molecule is CC.CC(O)OC(=O)Nc1cccc2ccc(O)cc12. The van der Waals surface area contributed by atoms with Crippen LogP contribution < -0.4 is 5.32 Å². The van der Waals surface area contributed by atoms with Crippen LogP contribution in [0.25, 0.3) is 10.8 Å². The first-order valence-electron chi connectivity index (χ1n) is 6.44. The summed E-state index contributed by atoms with van der Waals surface area (Å²) in [5.41, 5.74) is 0.508. The van der Waals surface area contributed by atoms with Gasteiger partial charge in [-0.1, -0.05) is 32.0 Å². The van der Waals surface area contributed by atoms with E-state index < -0.39 is 12.4 Å². The zero-order chi connectivity index (χ0) is 15.1. The van der Waals surface area contributed by atoms with Gasteiger partial charge in [0, 0.05) is 5.39 Å². The smallest absolute Gasteiger partial charge is 0.413 e. The zero-order valence-corrected chi connectivity index (χ0v) is 11.8. The van der Waals surface area contributed by atoms with Crippen molar-refractivity contribution in [3.05, 3.63) is 36.4 Å². The Morgan fingerprint density at radius 1 is 1.25 bits per heavy atom. The number of phenolic OH excluding ortho intramolecular Hbond substituents is 1. The maximum atomic E-state index is 11.4. The molecule has 108 valence electrons. The van der Waals surface area contributed by atoms with Crippen molar-refractivity contribution in [2.24, 2.45) is 0 Å². The summed E-state index contributed by atoms with van der Waals surface area (Å²) in [5, 5.41) is 22.5. The Kier molecular flexibility index (Phi) is 5.80. The number of amides is 1. The van der Waals surface area contributed by atoms with Crippen molar-refractivity contribution < 1.29 is 19.7 Å². The minimum Gasteiger partial charge on any atom is -0.508 e. The lowest BCUT2D eigenvalue weighted by molar-refractivity contribution is -0.0314. The second kappa shape index (κ2) is 7.35. The molecular formula is C15H19NO4. The van der Waals surface area contributed by atoms with Crippen LogP contribution in [0.4, 0.5) is 10.5 Å². The average Bonchev–Trinajstić information content (AvgIpc) is 2.41. The maximum Gasteiger partial charge on any atom is 0.413 e. The van der Waals surface area contributed by atoms with Crippen molar-refractivity contribution in [3.63, 3.8) is 0 Å². The monoisotopic (exact) mass is 277 g/mol. The zero-order valence-electron chi connectivity index (χ0n) is 11.8. The summed E-state index contributed by atoms with van der Waals surface area (Å²) < 4.78 is 4.58. The summed E-state index contributed by atoms with van der Waals surface area (Å²) in [6, 6.07) is 10.2. The fourth-order valence-electron chi connectivity index (χ4n) is 1.66. The summed E-state index contributed by atoms with van der Waals surface area (Å²) in [6.07, 6.45) is -1.92. The highest BCUT2D eigenvalue weighted by Crippen LogP contribution is 2.27. The first-order chi connectivity index (χ1) is 9.56. The predicted molar refractivity (Wildman–Crippen MR) is 78.7 cm³/mol. The Bertz CT molecular complexity index is 581. The van der Waals surface area contributed by atoms with Crippen LogP contribution in [0.1, 0.15) is 20.8 Å². The number of rotatable bonds is 2. The van der Waals surface area contributed by atoms with Crippen molar-refractivity contribution in [1.82, 2.24) is 0 Å². The highest BCUT2D eigenvalue weighted by Gasteiger charge is 2.09. The highest BCUT2D eigenvalue weighted by atomic mass is 16.6. The van der Waals surface area contributed by atoms with Crippen LogP contribution in [0, 0.1) is 0 Å². The Morgan fingerprint density at radius 3 is 2.60 bits per heavy atom. The van der Waals surface area contributed by atoms with E-state index in [1.807, 2.05) is 19.9 Å². The van der Waals surface area contributed by atoms with Gasteiger partial charge in [-0.05, 0) is 30.5 Å².